The van der Waals surface area contributed by atoms with Crippen LogP contribution in [0.1, 0.15) is 72.7 Å². The molecule has 3 N–H and O–H groups in total. The zero-order chi connectivity index (χ0) is 19.5. The Labute approximate surface area is 171 Å². The second-order valence-electron chi connectivity index (χ2n) is 9.75. The van der Waals surface area contributed by atoms with Gasteiger partial charge in [0.25, 0.3) is 5.91 Å². The summed E-state index contributed by atoms with van der Waals surface area (Å²) >= 11 is 1.58. The van der Waals surface area contributed by atoms with E-state index in [2.05, 4.69) is 17.1 Å². The second-order valence-corrected chi connectivity index (χ2v) is 10.9. The van der Waals surface area contributed by atoms with E-state index < -0.39 is 5.91 Å². The number of hydrogen-bond acceptors (Lipinski definition) is 4. The lowest BCUT2D eigenvalue weighted by Gasteiger charge is -2.55. The average Bonchev–Trinajstić information content (AvgIpc) is 2.98. The molecular weight excluding hydrogens is 370 g/mol. The van der Waals surface area contributed by atoms with Crippen LogP contribution in [0.5, 0.6) is 0 Å². The Bertz CT molecular complexity index is 780. The van der Waals surface area contributed by atoms with E-state index >= 15 is 0 Å². The van der Waals surface area contributed by atoms with Gasteiger partial charge in [-0.25, -0.2) is 0 Å². The number of primary amides is 1. The highest BCUT2D eigenvalue weighted by Crippen LogP contribution is 2.60. The molecule has 28 heavy (non-hydrogen) atoms. The van der Waals surface area contributed by atoms with Crippen LogP contribution in [0.2, 0.25) is 0 Å². The number of hydrogen-bond donors (Lipinski definition) is 2. The van der Waals surface area contributed by atoms with Crippen molar-refractivity contribution in [1.82, 2.24) is 4.90 Å². The summed E-state index contributed by atoms with van der Waals surface area (Å²) in [7, 11) is 0. The van der Waals surface area contributed by atoms with Crippen molar-refractivity contribution in [3.05, 3.63) is 16.0 Å². The summed E-state index contributed by atoms with van der Waals surface area (Å²) in [4.78, 5) is 29.3. The molecule has 4 fully saturated rings. The van der Waals surface area contributed by atoms with Gasteiger partial charge in [0.2, 0.25) is 5.91 Å². The molecule has 1 aromatic rings. The molecule has 4 saturated carbocycles. The number of nitrogens with zero attached hydrogens (tertiary/aromatic N) is 1. The van der Waals surface area contributed by atoms with Gasteiger partial charge in [0.15, 0.2) is 0 Å². The number of rotatable bonds is 5. The van der Waals surface area contributed by atoms with Crippen molar-refractivity contribution in [3.8, 4) is 0 Å². The minimum Gasteiger partial charge on any atom is -0.365 e. The Morgan fingerprint density at radius 2 is 1.82 bits per heavy atom. The molecule has 6 heteroatoms. The smallest absolute Gasteiger partial charge is 0.251 e. The van der Waals surface area contributed by atoms with Crippen LogP contribution in [0, 0.1) is 23.2 Å². The lowest BCUT2D eigenvalue weighted by atomic mass is 9.49. The predicted molar refractivity (Wildman–Crippen MR) is 111 cm³/mol. The normalized spacial score (nSPS) is 33.7. The summed E-state index contributed by atoms with van der Waals surface area (Å²) in [6.45, 7) is 5.08. The van der Waals surface area contributed by atoms with Gasteiger partial charge < -0.3 is 11.1 Å². The zero-order valence-corrected chi connectivity index (χ0v) is 17.6. The van der Waals surface area contributed by atoms with E-state index in [1.807, 2.05) is 0 Å². The van der Waals surface area contributed by atoms with Gasteiger partial charge in [-0.05, 0) is 81.2 Å². The molecule has 0 aromatic carbocycles. The molecule has 1 aromatic heterocycles. The van der Waals surface area contributed by atoms with Crippen molar-refractivity contribution in [1.29, 1.82) is 0 Å². The van der Waals surface area contributed by atoms with Gasteiger partial charge in [-0.2, -0.15) is 0 Å². The molecule has 5 nitrogen and oxygen atoms in total. The molecule has 2 amide bonds. The first kappa shape index (κ1) is 18.6. The van der Waals surface area contributed by atoms with Crippen molar-refractivity contribution in [2.45, 2.75) is 64.8 Å². The first-order valence-electron chi connectivity index (χ1n) is 11.0. The van der Waals surface area contributed by atoms with Crippen LogP contribution in [0.25, 0.3) is 0 Å². The maximum Gasteiger partial charge on any atom is 0.251 e. The molecule has 2 heterocycles. The van der Waals surface area contributed by atoms with E-state index in [0.717, 1.165) is 75.1 Å². The standard InChI is InChI=1S/C22H31N3O2S/c1-2-4-25-5-3-16-17(12-25)28-20(18(16)19(23)26)24-21(27)22-9-13-6-14(10-22)8-15(7-13)11-22/h13-15H,2-12H2,1H3,(H2,23,26)(H,24,27). The molecule has 0 saturated heterocycles. The van der Waals surface area contributed by atoms with E-state index in [0.29, 0.717) is 10.6 Å². The third-order valence-corrected chi connectivity index (χ3v) is 8.80. The summed E-state index contributed by atoms with van der Waals surface area (Å²) < 4.78 is 0. The molecule has 4 bridgehead atoms. The number of amides is 2. The van der Waals surface area contributed by atoms with E-state index in [1.54, 1.807) is 11.3 Å². The van der Waals surface area contributed by atoms with E-state index in [4.69, 9.17) is 5.73 Å². The van der Waals surface area contributed by atoms with Crippen LogP contribution in [-0.4, -0.2) is 29.8 Å². The lowest BCUT2D eigenvalue weighted by Crippen LogP contribution is -2.51. The maximum atomic E-state index is 13.5. The summed E-state index contributed by atoms with van der Waals surface area (Å²) in [5, 5.41) is 3.92. The Morgan fingerprint density at radius 1 is 1.18 bits per heavy atom. The molecule has 0 atom stereocenters. The van der Waals surface area contributed by atoms with Crippen LogP contribution in [0.3, 0.4) is 0 Å². The minimum absolute atomic E-state index is 0.151. The molecule has 5 aliphatic rings. The van der Waals surface area contributed by atoms with Crippen molar-refractivity contribution < 1.29 is 9.59 Å². The van der Waals surface area contributed by atoms with Gasteiger partial charge >= 0.3 is 0 Å². The molecule has 4 aliphatic carbocycles. The Hall–Kier alpha value is -1.40. The number of nitrogens with one attached hydrogen (secondary N) is 1. The quantitative estimate of drug-likeness (QED) is 0.789. The number of carbonyl (C=O) groups excluding carboxylic acids is 2. The van der Waals surface area contributed by atoms with Gasteiger partial charge in [0, 0.05) is 18.0 Å². The molecule has 0 radical (unpaired) electrons. The highest BCUT2D eigenvalue weighted by atomic mass is 32.1. The molecule has 6 rings (SSSR count). The van der Waals surface area contributed by atoms with Crippen LogP contribution in [0.15, 0.2) is 0 Å². The number of carbonyl (C=O) groups is 2. The average molecular weight is 402 g/mol. The van der Waals surface area contributed by atoms with Crippen LogP contribution < -0.4 is 11.1 Å². The van der Waals surface area contributed by atoms with Crippen molar-refractivity contribution in [3.63, 3.8) is 0 Å². The van der Waals surface area contributed by atoms with Gasteiger partial charge in [-0.15, -0.1) is 11.3 Å². The highest BCUT2D eigenvalue weighted by molar-refractivity contribution is 7.17. The summed E-state index contributed by atoms with van der Waals surface area (Å²) in [5.41, 5.74) is 7.21. The number of anilines is 1. The minimum atomic E-state index is -0.401. The predicted octanol–water partition coefficient (Wildman–Crippen LogP) is 3.77. The van der Waals surface area contributed by atoms with Gasteiger partial charge in [0.05, 0.1) is 11.0 Å². The number of nitrogens with two attached hydrogens (primary N) is 1. The van der Waals surface area contributed by atoms with Crippen LogP contribution in [-0.2, 0) is 17.8 Å². The summed E-state index contributed by atoms with van der Waals surface area (Å²) in [6, 6.07) is 0. The fourth-order valence-electron chi connectivity index (χ4n) is 6.94. The van der Waals surface area contributed by atoms with Crippen molar-refractivity contribution in [2.75, 3.05) is 18.4 Å². The lowest BCUT2D eigenvalue weighted by molar-refractivity contribution is -0.140. The topological polar surface area (TPSA) is 75.4 Å². The SMILES string of the molecule is CCCN1CCc2c(sc(NC(=O)C34CC5CC(CC(C5)C3)C4)c2C(N)=O)C1. The fraction of sp³-hybridized carbons (Fsp3) is 0.727. The fourth-order valence-corrected chi connectivity index (χ4v) is 8.23. The third kappa shape index (κ3) is 3.00. The van der Waals surface area contributed by atoms with E-state index in [1.165, 1.54) is 24.1 Å². The molecule has 0 spiro atoms. The van der Waals surface area contributed by atoms with E-state index in [-0.39, 0.29) is 11.3 Å². The molecule has 152 valence electrons. The van der Waals surface area contributed by atoms with Gasteiger partial charge in [-0.1, -0.05) is 6.92 Å². The van der Waals surface area contributed by atoms with Crippen molar-refractivity contribution >= 4 is 28.2 Å². The Kier molecular flexibility index (Phi) is 4.55. The Morgan fingerprint density at radius 3 is 2.39 bits per heavy atom. The molecule has 1 aliphatic heterocycles. The molecule has 0 unspecified atom stereocenters. The summed E-state index contributed by atoms with van der Waals surface area (Å²) in [5.74, 6) is 1.94. The molecular formula is C22H31N3O2S. The van der Waals surface area contributed by atoms with Crippen LogP contribution in [0.4, 0.5) is 5.00 Å². The van der Waals surface area contributed by atoms with Gasteiger partial charge in [-0.3, -0.25) is 14.5 Å². The zero-order valence-electron chi connectivity index (χ0n) is 16.8. The number of thiophene rings is 1. The second kappa shape index (κ2) is 6.84. The first-order valence-corrected chi connectivity index (χ1v) is 11.8. The summed E-state index contributed by atoms with van der Waals surface area (Å²) in [6.07, 6.45) is 9.03. The number of fused-ring (bicyclic) bond motifs is 1. The van der Waals surface area contributed by atoms with Gasteiger partial charge in [0.1, 0.15) is 5.00 Å². The first-order chi connectivity index (χ1) is 13.5. The maximum absolute atomic E-state index is 13.5. The Balaban J connectivity index is 1.41. The highest BCUT2D eigenvalue weighted by Gasteiger charge is 2.54. The van der Waals surface area contributed by atoms with Crippen LogP contribution >= 0.6 is 11.3 Å². The largest absolute Gasteiger partial charge is 0.365 e. The van der Waals surface area contributed by atoms with E-state index in [9.17, 15) is 9.59 Å². The third-order valence-electron chi connectivity index (χ3n) is 7.67. The van der Waals surface area contributed by atoms with Crippen molar-refractivity contribution in [2.24, 2.45) is 28.9 Å². The monoisotopic (exact) mass is 401 g/mol.